The molecule has 1 fully saturated rings. The molecule has 2 rings (SSSR count). The van der Waals surface area contributed by atoms with Crippen molar-refractivity contribution < 1.29 is 9.18 Å². The van der Waals surface area contributed by atoms with Gasteiger partial charge in [0.25, 0.3) is 5.91 Å². The molecule has 1 aromatic rings. The van der Waals surface area contributed by atoms with Gasteiger partial charge in [0.05, 0.1) is 0 Å². The Labute approximate surface area is 99.9 Å². The first-order chi connectivity index (χ1) is 7.59. The van der Waals surface area contributed by atoms with Crippen LogP contribution < -0.4 is 0 Å². The van der Waals surface area contributed by atoms with Crippen molar-refractivity contribution in [2.75, 3.05) is 7.05 Å². The van der Waals surface area contributed by atoms with E-state index >= 15 is 0 Å². The third kappa shape index (κ3) is 2.07. The Bertz CT molecular complexity index is 417. The number of carbonyl (C=O) groups is 1. The highest BCUT2D eigenvalue weighted by atomic mass is 32.1. The van der Waals surface area contributed by atoms with Gasteiger partial charge in [0, 0.05) is 23.5 Å². The second-order valence-electron chi connectivity index (χ2n) is 4.17. The van der Waals surface area contributed by atoms with Crippen LogP contribution in [0.5, 0.6) is 0 Å². The van der Waals surface area contributed by atoms with Crippen molar-refractivity contribution in [3.8, 4) is 0 Å². The molecule has 0 spiro atoms. The van der Waals surface area contributed by atoms with E-state index in [1.54, 1.807) is 11.9 Å². The topological polar surface area (TPSA) is 20.3 Å². The monoisotopic (exact) mass is 239 g/mol. The van der Waals surface area contributed by atoms with Crippen molar-refractivity contribution in [3.63, 3.8) is 0 Å². The van der Waals surface area contributed by atoms with Crippen LogP contribution in [0, 0.1) is 5.82 Å². The third-order valence-corrected chi connectivity index (χ3v) is 3.48. The van der Waals surface area contributed by atoms with Crippen LogP contribution in [0.15, 0.2) is 23.1 Å². The molecule has 4 heteroatoms. The van der Waals surface area contributed by atoms with Crippen molar-refractivity contribution in [3.05, 3.63) is 29.6 Å². The number of hydrogen-bond donors (Lipinski definition) is 1. The van der Waals surface area contributed by atoms with E-state index in [0.29, 0.717) is 11.6 Å². The fraction of sp³-hybridized carbons (Fsp3) is 0.417. The van der Waals surface area contributed by atoms with E-state index in [1.165, 1.54) is 24.6 Å². The summed E-state index contributed by atoms with van der Waals surface area (Å²) in [5, 5.41) is 0. The van der Waals surface area contributed by atoms with Crippen LogP contribution in [0.2, 0.25) is 0 Å². The highest BCUT2D eigenvalue weighted by molar-refractivity contribution is 7.80. The van der Waals surface area contributed by atoms with Gasteiger partial charge in [0.2, 0.25) is 0 Å². The standard InChI is InChI=1S/C12H14FNOS/c1-14(9-3-2-4-9)12(15)8-5-6-10(13)11(16)7-8/h5-7,9,16H,2-4H2,1H3. The Morgan fingerprint density at radius 1 is 1.50 bits per heavy atom. The molecule has 1 amide bonds. The van der Waals surface area contributed by atoms with Gasteiger partial charge in [-0.15, -0.1) is 12.6 Å². The van der Waals surface area contributed by atoms with Crippen LogP contribution in [0.3, 0.4) is 0 Å². The molecule has 1 aliphatic rings. The summed E-state index contributed by atoms with van der Waals surface area (Å²) in [6, 6.07) is 4.62. The van der Waals surface area contributed by atoms with Crippen LogP contribution >= 0.6 is 12.6 Å². The second kappa shape index (κ2) is 4.45. The maximum atomic E-state index is 13.0. The lowest BCUT2D eigenvalue weighted by Crippen LogP contribution is -2.41. The van der Waals surface area contributed by atoms with Gasteiger partial charge in [-0.1, -0.05) is 0 Å². The molecule has 16 heavy (non-hydrogen) atoms. The summed E-state index contributed by atoms with van der Waals surface area (Å²) in [5.41, 5.74) is 0.501. The summed E-state index contributed by atoms with van der Waals surface area (Å²) >= 11 is 3.97. The number of amides is 1. The van der Waals surface area contributed by atoms with Crippen molar-refractivity contribution >= 4 is 18.5 Å². The summed E-state index contributed by atoms with van der Waals surface area (Å²) in [4.78, 5) is 14.0. The number of nitrogens with zero attached hydrogens (tertiary/aromatic N) is 1. The smallest absolute Gasteiger partial charge is 0.253 e. The molecule has 0 N–H and O–H groups in total. The summed E-state index contributed by atoms with van der Waals surface area (Å²) in [7, 11) is 1.80. The number of hydrogen-bond acceptors (Lipinski definition) is 2. The molecule has 0 unspecified atom stereocenters. The van der Waals surface area contributed by atoms with Gasteiger partial charge in [0.15, 0.2) is 0 Å². The van der Waals surface area contributed by atoms with Crippen LogP contribution in [0.1, 0.15) is 29.6 Å². The van der Waals surface area contributed by atoms with Gasteiger partial charge in [-0.05, 0) is 37.5 Å². The minimum absolute atomic E-state index is 0.0556. The molecule has 0 aromatic heterocycles. The number of halogens is 1. The number of benzene rings is 1. The number of thiol groups is 1. The van der Waals surface area contributed by atoms with Crippen molar-refractivity contribution in [2.24, 2.45) is 0 Å². The molecule has 1 aliphatic carbocycles. The number of rotatable bonds is 2. The molecule has 0 atom stereocenters. The molecule has 0 radical (unpaired) electrons. The predicted molar refractivity (Wildman–Crippen MR) is 63.4 cm³/mol. The van der Waals surface area contributed by atoms with E-state index in [-0.39, 0.29) is 10.8 Å². The SMILES string of the molecule is CN(C(=O)c1ccc(F)c(S)c1)C1CCC1. The molecular weight excluding hydrogens is 225 g/mol. The number of carbonyl (C=O) groups excluding carboxylic acids is 1. The molecule has 1 saturated carbocycles. The van der Waals surface area contributed by atoms with E-state index < -0.39 is 5.82 Å². The van der Waals surface area contributed by atoms with E-state index in [4.69, 9.17) is 0 Å². The van der Waals surface area contributed by atoms with Gasteiger partial charge in [-0.3, -0.25) is 4.79 Å². The van der Waals surface area contributed by atoms with Crippen LogP contribution in [-0.4, -0.2) is 23.9 Å². The lowest BCUT2D eigenvalue weighted by molar-refractivity contribution is 0.0651. The third-order valence-electron chi connectivity index (χ3n) is 3.14. The second-order valence-corrected chi connectivity index (χ2v) is 4.65. The Balaban J connectivity index is 2.16. The summed E-state index contributed by atoms with van der Waals surface area (Å²) < 4.78 is 13.0. The average Bonchev–Trinajstić information content (AvgIpc) is 2.18. The Morgan fingerprint density at radius 3 is 2.69 bits per heavy atom. The van der Waals surface area contributed by atoms with E-state index in [2.05, 4.69) is 12.6 Å². The molecule has 1 aromatic carbocycles. The molecule has 86 valence electrons. The highest BCUT2D eigenvalue weighted by Gasteiger charge is 2.26. The van der Waals surface area contributed by atoms with Gasteiger partial charge < -0.3 is 4.90 Å². The van der Waals surface area contributed by atoms with Gasteiger partial charge in [-0.25, -0.2) is 4.39 Å². The first-order valence-electron chi connectivity index (χ1n) is 5.35. The van der Waals surface area contributed by atoms with Crippen molar-refractivity contribution in [2.45, 2.75) is 30.2 Å². The quantitative estimate of drug-likeness (QED) is 0.787. The predicted octanol–water partition coefficient (Wildman–Crippen LogP) is 2.74. The highest BCUT2D eigenvalue weighted by Crippen LogP contribution is 2.25. The Hall–Kier alpha value is -1.03. The summed E-state index contributed by atoms with van der Waals surface area (Å²) in [5.74, 6) is -0.453. The molecule has 0 saturated heterocycles. The zero-order chi connectivity index (χ0) is 11.7. The molecule has 0 heterocycles. The first kappa shape index (κ1) is 11.5. The summed E-state index contributed by atoms with van der Waals surface area (Å²) in [6.45, 7) is 0. The average molecular weight is 239 g/mol. The Kier molecular flexibility index (Phi) is 3.19. The minimum atomic E-state index is -0.397. The molecule has 2 nitrogen and oxygen atoms in total. The normalized spacial score (nSPS) is 15.7. The molecule has 0 bridgehead atoms. The fourth-order valence-corrected chi connectivity index (χ4v) is 2.00. The minimum Gasteiger partial charge on any atom is -0.339 e. The van der Waals surface area contributed by atoms with Crippen LogP contribution in [-0.2, 0) is 0 Å². The fourth-order valence-electron chi connectivity index (χ4n) is 1.79. The van der Waals surface area contributed by atoms with Crippen LogP contribution in [0.4, 0.5) is 4.39 Å². The van der Waals surface area contributed by atoms with Crippen LogP contribution in [0.25, 0.3) is 0 Å². The zero-order valence-corrected chi connectivity index (χ0v) is 10.0. The van der Waals surface area contributed by atoms with E-state index in [1.807, 2.05) is 0 Å². The van der Waals surface area contributed by atoms with Gasteiger partial charge in [-0.2, -0.15) is 0 Å². The molecular formula is C12H14FNOS. The van der Waals surface area contributed by atoms with E-state index in [9.17, 15) is 9.18 Å². The summed E-state index contributed by atoms with van der Waals surface area (Å²) in [6.07, 6.45) is 3.32. The lowest BCUT2D eigenvalue weighted by atomic mass is 9.91. The first-order valence-corrected chi connectivity index (χ1v) is 5.80. The zero-order valence-electron chi connectivity index (χ0n) is 9.11. The van der Waals surface area contributed by atoms with Crippen molar-refractivity contribution in [1.82, 2.24) is 4.90 Å². The van der Waals surface area contributed by atoms with Crippen molar-refractivity contribution in [1.29, 1.82) is 0 Å². The largest absolute Gasteiger partial charge is 0.339 e. The lowest BCUT2D eigenvalue weighted by Gasteiger charge is -2.34. The maximum Gasteiger partial charge on any atom is 0.253 e. The maximum absolute atomic E-state index is 13.0. The van der Waals surface area contributed by atoms with E-state index in [0.717, 1.165) is 12.8 Å². The van der Waals surface area contributed by atoms with Gasteiger partial charge >= 0.3 is 0 Å². The molecule has 0 aliphatic heterocycles. The Morgan fingerprint density at radius 2 is 2.19 bits per heavy atom. The van der Waals surface area contributed by atoms with Gasteiger partial charge in [0.1, 0.15) is 5.82 Å².